The van der Waals surface area contributed by atoms with Gasteiger partial charge in [0.05, 0.1) is 12.5 Å². The first-order valence-electron chi connectivity index (χ1n) is 13.4. The van der Waals surface area contributed by atoms with Crippen LogP contribution in [0.1, 0.15) is 63.4 Å². The maximum absolute atomic E-state index is 13.8. The van der Waals surface area contributed by atoms with E-state index in [0.29, 0.717) is 37.3 Å². The number of nitrogens with zero attached hydrogens (tertiary/aromatic N) is 2. The van der Waals surface area contributed by atoms with Gasteiger partial charge in [0.25, 0.3) is 5.91 Å². The molecule has 2 amide bonds. The first kappa shape index (κ1) is 22.9. The van der Waals surface area contributed by atoms with E-state index in [2.05, 4.69) is 0 Å². The number of hydrogen-bond donors (Lipinski definition) is 0. The molecule has 4 aliphatic carbocycles. The van der Waals surface area contributed by atoms with E-state index >= 15 is 0 Å². The molecule has 2 heterocycles. The Kier molecular flexibility index (Phi) is 5.76. The molecule has 0 aromatic heterocycles. The fraction of sp³-hybridized carbons (Fsp3) is 0.679. The van der Waals surface area contributed by atoms with Crippen molar-refractivity contribution in [2.24, 2.45) is 23.2 Å². The van der Waals surface area contributed by atoms with Crippen molar-refractivity contribution in [2.45, 2.75) is 70.3 Å². The summed E-state index contributed by atoms with van der Waals surface area (Å²) in [5, 5.41) is 0. The molecule has 1 saturated heterocycles. The van der Waals surface area contributed by atoms with Crippen molar-refractivity contribution >= 4 is 23.5 Å². The minimum Gasteiger partial charge on any atom is -0.497 e. The number of aryl methyl sites for hydroxylation is 1. The van der Waals surface area contributed by atoms with Crippen LogP contribution in [0.25, 0.3) is 0 Å². The van der Waals surface area contributed by atoms with Crippen molar-refractivity contribution < 1.29 is 23.9 Å². The van der Waals surface area contributed by atoms with E-state index in [1.165, 1.54) is 19.3 Å². The molecule has 6 aliphatic rings. The molecule has 4 bridgehead atoms. The Hall–Kier alpha value is -2.57. The number of ether oxygens (including phenoxy) is 2. The van der Waals surface area contributed by atoms with Crippen molar-refractivity contribution in [1.29, 1.82) is 0 Å². The zero-order chi connectivity index (χ0) is 24.2. The molecule has 188 valence electrons. The Morgan fingerprint density at radius 2 is 1.71 bits per heavy atom. The number of benzene rings is 1. The second-order valence-electron chi connectivity index (χ2n) is 11.6. The van der Waals surface area contributed by atoms with Gasteiger partial charge in [-0.3, -0.25) is 9.59 Å². The van der Waals surface area contributed by atoms with E-state index in [1.54, 1.807) is 12.0 Å². The molecule has 1 unspecified atom stereocenters. The zero-order valence-electron chi connectivity index (χ0n) is 20.7. The summed E-state index contributed by atoms with van der Waals surface area (Å²) in [5.74, 6) is 2.35. The highest BCUT2D eigenvalue weighted by molar-refractivity contribution is 5.97. The normalized spacial score (nSPS) is 32.9. The number of esters is 1. The number of amides is 2. The highest BCUT2D eigenvalue weighted by Gasteiger charge is 2.57. The maximum Gasteiger partial charge on any atom is 0.329 e. The molecule has 7 rings (SSSR count). The van der Waals surface area contributed by atoms with Crippen LogP contribution in [0.3, 0.4) is 0 Å². The number of rotatable bonds is 5. The van der Waals surface area contributed by atoms with Crippen LogP contribution in [0.2, 0.25) is 0 Å². The van der Waals surface area contributed by atoms with Crippen LogP contribution in [0.4, 0.5) is 5.69 Å². The minimum absolute atomic E-state index is 0.182. The van der Waals surface area contributed by atoms with Crippen LogP contribution in [0, 0.1) is 23.2 Å². The Morgan fingerprint density at radius 3 is 2.40 bits per heavy atom. The van der Waals surface area contributed by atoms with Crippen LogP contribution in [-0.4, -0.2) is 55.5 Å². The summed E-state index contributed by atoms with van der Waals surface area (Å²) in [4.78, 5) is 43.5. The van der Waals surface area contributed by atoms with Gasteiger partial charge in [0.1, 0.15) is 11.8 Å². The van der Waals surface area contributed by atoms with Gasteiger partial charge in [-0.1, -0.05) is 0 Å². The summed E-state index contributed by atoms with van der Waals surface area (Å²) in [6.07, 6.45) is 10.0. The number of methoxy groups -OCH3 is 1. The second-order valence-corrected chi connectivity index (χ2v) is 11.6. The molecule has 1 aromatic carbocycles. The molecule has 0 radical (unpaired) electrons. The van der Waals surface area contributed by atoms with Crippen molar-refractivity contribution in [1.82, 2.24) is 4.90 Å². The largest absolute Gasteiger partial charge is 0.497 e. The van der Waals surface area contributed by atoms with Crippen molar-refractivity contribution in [3.63, 3.8) is 0 Å². The molecule has 7 nitrogen and oxygen atoms in total. The molecular weight excluding hydrogens is 444 g/mol. The molecular formula is C28H36N2O5. The van der Waals surface area contributed by atoms with Gasteiger partial charge in [0, 0.05) is 18.8 Å². The van der Waals surface area contributed by atoms with Gasteiger partial charge in [-0.15, -0.1) is 0 Å². The van der Waals surface area contributed by atoms with Crippen LogP contribution in [0.5, 0.6) is 5.75 Å². The third-order valence-corrected chi connectivity index (χ3v) is 9.32. The number of carbonyl (C=O) groups is 3. The maximum atomic E-state index is 13.8. The summed E-state index contributed by atoms with van der Waals surface area (Å²) < 4.78 is 10.9. The van der Waals surface area contributed by atoms with E-state index in [0.717, 1.165) is 55.5 Å². The number of fused-ring (bicyclic) bond motifs is 1. The molecule has 2 aliphatic heterocycles. The average Bonchev–Trinajstić information content (AvgIpc) is 3.35. The van der Waals surface area contributed by atoms with E-state index in [4.69, 9.17) is 9.47 Å². The summed E-state index contributed by atoms with van der Waals surface area (Å²) in [5.41, 5.74) is 1.67. The van der Waals surface area contributed by atoms with Gasteiger partial charge in [0.2, 0.25) is 5.91 Å². The van der Waals surface area contributed by atoms with Crippen molar-refractivity contribution in [3.8, 4) is 5.75 Å². The van der Waals surface area contributed by atoms with Gasteiger partial charge in [-0.2, -0.15) is 0 Å². The lowest BCUT2D eigenvalue weighted by atomic mass is 9.49. The molecule has 35 heavy (non-hydrogen) atoms. The lowest BCUT2D eigenvalue weighted by molar-refractivity contribution is -0.166. The van der Waals surface area contributed by atoms with Crippen LogP contribution in [0.15, 0.2) is 18.2 Å². The summed E-state index contributed by atoms with van der Waals surface area (Å²) in [6.45, 7) is 0.936. The molecule has 0 spiro atoms. The lowest BCUT2D eigenvalue weighted by Crippen LogP contribution is -2.56. The molecule has 1 atom stereocenters. The van der Waals surface area contributed by atoms with Gasteiger partial charge in [-0.05, 0) is 106 Å². The quantitative estimate of drug-likeness (QED) is 0.601. The third kappa shape index (κ3) is 4.01. The Balaban J connectivity index is 1.10. The highest BCUT2D eigenvalue weighted by atomic mass is 16.5. The van der Waals surface area contributed by atoms with Crippen LogP contribution in [-0.2, 0) is 25.5 Å². The molecule has 7 heteroatoms. The predicted octanol–water partition coefficient (Wildman–Crippen LogP) is 3.73. The number of carbonyl (C=O) groups excluding carboxylic acids is 3. The number of likely N-dealkylation sites (tertiary alicyclic amines) is 1. The Labute approximate surface area is 207 Å². The molecule has 4 saturated carbocycles. The zero-order valence-corrected chi connectivity index (χ0v) is 20.7. The van der Waals surface area contributed by atoms with E-state index in [9.17, 15) is 14.4 Å². The standard InChI is InChI=1S/C28H36N2O5/c1-34-22-6-7-23-21(13-22)4-2-8-29(23)25(31)17-35-26(32)24-5-3-9-30(24)27(33)28-14-18-10-19(15-28)12-20(11-18)16-28/h6-7,13,18-20,24H,2-5,8-12,14-17H2,1H3. The van der Waals surface area contributed by atoms with Gasteiger partial charge in [-0.25, -0.2) is 4.79 Å². The van der Waals surface area contributed by atoms with Crippen molar-refractivity contribution in [3.05, 3.63) is 23.8 Å². The van der Waals surface area contributed by atoms with E-state index in [-0.39, 0.29) is 23.8 Å². The van der Waals surface area contributed by atoms with Crippen molar-refractivity contribution in [2.75, 3.05) is 31.7 Å². The third-order valence-electron chi connectivity index (χ3n) is 9.32. The minimum atomic E-state index is -0.554. The fourth-order valence-electron chi connectivity index (χ4n) is 8.20. The van der Waals surface area contributed by atoms with Gasteiger partial charge in [0.15, 0.2) is 6.61 Å². The Morgan fingerprint density at radius 1 is 1.00 bits per heavy atom. The van der Waals surface area contributed by atoms with Gasteiger partial charge < -0.3 is 19.3 Å². The SMILES string of the molecule is COc1ccc2c(c1)CCCN2C(=O)COC(=O)C1CCCN1C(=O)C12CC3CC(CC(C3)C1)C2. The molecule has 1 aromatic rings. The summed E-state index contributed by atoms with van der Waals surface area (Å²) in [6, 6.07) is 5.16. The predicted molar refractivity (Wildman–Crippen MR) is 130 cm³/mol. The summed E-state index contributed by atoms with van der Waals surface area (Å²) >= 11 is 0. The van der Waals surface area contributed by atoms with Crippen LogP contribution < -0.4 is 9.64 Å². The second kappa shape index (κ2) is 8.82. The first-order chi connectivity index (χ1) is 17.0. The summed E-state index contributed by atoms with van der Waals surface area (Å²) in [7, 11) is 1.63. The lowest BCUT2D eigenvalue weighted by Gasteiger charge is -2.56. The number of anilines is 1. The highest BCUT2D eigenvalue weighted by Crippen LogP contribution is 2.60. The average molecular weight is 481 g/mol. The topological polar surface area (TPSA) is 76.2 Å². The first-order valence-corrected chi connectivity index (χ1v) is 13.4. The molecule has 5 fully saturated rings. The molecule has 0 N–H and O–H groups in total. The van der Waals surface area contributed by atoms with E-state index < -0.39 is 12.0 Å². The smallest absolute Gasteiger partial charge is 0.329 e. The van der Waals surface area contributed by atoms with Crippen LogP contribution >= 0.6 is 0 Å². The van der Waals surface area contributed by atoms with Gasteiger partial charge >= 0.3 is 5.97 Å². The van der Waals surface area contributed by atoms with E-state index in [1.807, 2.05) is 23.1 Å². The Bertz CT molecular complexity index is 1000. The monoisotopic (exact) mass is 480 g/mol. The fourth-order valence-corrected chi connectivity index (χ4v) is 8.20. The number of hydrogen-bond acceptors (Lipinski definition) is 5.